The minimum absolute atomic E-state index is 0.00722. The Balaban J connectivity index is 0.601. The maximum absolute atomic E-state index is 14.7. The summed E-state index contributed by atoms with van der Waals surface area (Å²) < 4.78 is 27.9. The summed E-state index contributed by atoms with van der Waals surface area (Å²) in [6, 6.07) is 17.8. The van der Waals surface area contributed by atoms with Crippen LogP contribution in [-0.2, 0) is 46.3 Å². The zero-order chi connectivity index (χ0) is 70.8. The topological polar surface area (TPSA) is 266 Å². The number of carbonyl (C=O) groups excluding carboxylic acids is 4. The zero-order valence-corrected chi connectivity index (χ0v) is 61.8. The molecule has 7 aliphatic rings. The third-order valence-electron chi connectivity index (χ3n) is 21.6. The van der Waals surface area contributed by atoms with Gasteiger partial charge in [-0.1, -0.05) is 82.4 Å². The van der Waals surface area contributed by atoms with Gasteiger partial charge in [0.25, 0.3) is 5.91 Å². The molecule has 0 spiro atoms. The van der Waals surface area contributed by atoms with E-state index in [0.717, 1.165) is 124 Å². The first-order chi connectivity index (χ1) is 48.4. The maximum Gasteiger partial charge on any atom is 0.270 e. The molecule has 0 radical (unpaired) electrons. The van der Waals surface area contributed by atoms with Gasteiger partial charge in [-0.3, -0.25) is 23.9 Å². The number of aliphatic hydroxyl groups is 1. The van der Waals surface area contributed by atoms with E-state index < -0.39 is 29.5 Å². The monoisotopic (exact) mass is 1420 g/mol. The van der Waals surface area contributed by atoms with E-state index in [9.17, 15) is 24.3 Å². The van der Waals surface area contributed by atoms with Crippen molar-refractivity contribution in [1.82, 2.24) is 60.7 Å². The first-order valence-corrected chi connectivity index (χ1v) is 37.9. The van der Waals surface area contributed by atoms with E-state index in [4.69, 9.17) is 44.2 Å². The number of aryl methyl sites for hydroxylation is 1. The number of fused-ring (bicyclic) bond motifs is 2. The van der Waals surface area contributed by atoms with Crippen LogP contribution in [0.2, 0.25) is 0 Å². The highest BCUT2D eigenvalue weighted by atomic mass is 32.1. The fraction of sp³-hybridized carbons (Fsp3) is 0.579. The fourth-order valence-corrected chi connectivity index (χ4v) is 19.6. The molecule has 540 valence electrons. The number of para-hydroxylation sites is 1. The third-order valence-corrected chi connectivity index (χ3v) is 23.6. The van der Waals surface area contributed by atoms with Crippen LogP contribution in [0.25, 0.3) is 31.8 Å². The van der Waals surface area contributed by atoms with Crippen molar-refractivity contribution in [2.45, 2.75) is 176 Å². The number of rotatable bonds is 29. The van der Waals surface area contributed by atoms with Crippen LogP contribution in [-0.4, -0.2) is 183 Å². The molecule has 5 N–H and O–H groups in total. The van der Waals surface area contributed by atoms with Crippen LogP contribution in [0.1, 0.15) is 157 Å². The van der Waals surface area contributed by atoms with Crippen molar-refractivity contribution in [3.63, 3.8) is 0 Å². The molecule has 25 heteroatoms. The predicted molar refractivity (Wildman–Crippen MR) is 392 cm³/mol. The summed E-state index contributed by atoms with van der Waals surface area (Å²) in [7, 11) is 0. The Morgan fingerprint density at radius 2 is 1.52 bits per heavy atom. The van der Waals surface area contributed by atoms with Gasteiger partial charge in [-0.05, 0) is 162 Å². The highest BCUT2D eigenvalue weighted by Crippen LogP contribution is 2.72. The molecule has 4 saturated carbocycles. The number of nitrogens with zero attached hydrogens (tertiary/aromatic N) is 10. The van der Waals surface area contributed by atoms with Gasteiger partial charge in [0.1, 0.15) is 23.6 Å². The summed E-state index contributed by atoms with van der Waals surface area (Å²) in [5.74, 6) is 0.444. The standard InChI is InChI=1S/C76H100N14O9S2/c1-48-55-15-14-28-88(67(55)86-85-66(48)84-71-81-58-16-10-11-17-60(58)101-71)61-23-22-56(57-38-79-90(51(57)4)46-75-41-73(8)40-74(9,42-75)44-76(43-73,45-75)99-32-29-87-26-12-13-27-87)63(82-61)69(94)77-25-31-97-34-36-98-35-33-96-30-24-62(92)83-65(72(5,6)7)70(95)89-39-54(91)37-59(89)68(93)80-49(2)52-18-20-53(21-19-52)64-50(3)78-47-100-64/h10-11,16-23,38,47,49,54,59,65,91H,12-15,24-37,39-46H2,1-9H3,(H,77,94)(H,80,93)(H,83,92)(H,81,84,85)/t49-,54+,59-,65+,73-,74+,75+,76-/m0/s1. The number of amides is 4. The lowest BCUT2D eigenvalue weighted by Crippen LogP contribution is -2.64. The van der Waals surface area contributed by atoms with E-state index in [1.807, 2.05) is 101 Å². The molecule has 6 fully saturated rings. The SMILES string of the molecule is Cc1ncsc1-c1ccc([C@H](C)NC(=O)[C@@H]2C[C@@H](O)CN2C(=O)[C@@H](NC(=O)CCOCCOCCOCCNC(=O)c2nc(N3CCCc4c3nnc(Nc3nc5ccccc5s3)c4C)ccc2-c2cnn(C[C@]34C[C@]5(C)C[C@](C)(C3)C[C@@](OCCN3CCCC3)(C5)C4)c2C)C(C)(C)C)cc1. The summed E-state index contributed by atoms with van der Waals surface area (Å²) >= 11 is 3.15. The number of carbonyl (C=O) groups is 4. The van der Waals surface area contributed by atoms with E-state index in [0.29, 0.717) is 29.6 Å². The molecule has 14 rings (SSSR count). The van der Waals surface area contributed by atoms with E-state index >= 15 is 0 Å². The van der Waals surface area contributed by atoms with Crippen LogP contribution in [0.3, 0.4) is 0 Å². The molecule has 23 nitrogen and oxygen atoms in total. The second kappa shape index (κ2) is 30.1. The largest absolute Gasteiger partial charge is 0.391 e. The van der Waals surface area contributed by atoms with Crippen molar-refractivity contribution in [2.24, 2.45) is 21.7 Å². The lowest BCUT2D eigenvalue weighted by Gasteiger charge is -2.69. The van der Waals surface area contributed by atoms with Crippen LogP contribution in [0.5, 0.6) is 0 Å². The molecule has 4 amide bonds. The van der Waals surface area contributed by atoms with Gasteiger partial charge in [-0.15, -0.1) is 21.5 Å². The van der Waals surface area contributed by atoms with Gasteiger partial charge in [0.05, 0.1) is 96.5 Å². The molecular formula is C76H100N14O9S2. The number of anilines is 4. The van der Waals surface area contributed by atoms with E-state index in [1.165, 1.54) is 37.3 Å². The van der Waals surface area contributed by atoms with Gasteiger partial charge in [0.2, 0.25) is 17.7 Å². The third kappa shape index (κ3) is 16.2. The molecule has 8 atom stereocenters. The van der Waals surface area contributed by atoms with Gasteiger partial charge in [0.15, 0.2) is 16.8 Å². The zero-order valence-electron chi connectivity index (χ0n) is 60.1. The summed E-state index contributed by atoms with van der Waals surface area (Å²) in [4.78, 5) is 77.7. The van der Waals surface area contributed by atoms with Gasteiger partial charge < -0.3 is 60.0 Å². The van der Waals surface area contributed by atoms with Crippen LogP contribution >= 0.6 is 22.7 Å². The molecule has 7 aromatic rings. The molecule has 101 heavy (non-hydrogen) atoms. The average Bonchev–Trinajstić information content (AvgIpc) is 0.738. The Morgan fingerprint density at radius 1 is 0.792 bits per heavy atom. The van der Waals surface area contributed by atoms with Crippen molar-refractivity contribution in [2.75, 3.05) is 95.7 Å². The van der Waals surface area contributed by atoms with Gasteiger partial charge in [-0.25, -0.2) is 15.0 Å². The van der Waals surface area contributed by atoms with Crippen molar-refractivity contribution < 1.29 is 43.2 Å². The first kappa shape index (κ1) is 72.0. The first-order valence-electron chi connectivity index (χ1n) is 36.2. The van der Waals surface area contributed by atoms with Crippen molar-refractivity contribution in [1.29, 1.82) is 0 Å². The number of thiazole rings is 2. The Labute approximate surface area is 600 Å². The van der Waals surface area contributed by atoms with E-state index in [2.05, 4.69) is 74.5 Å². The highest BCUT2D eigenvalue weighted by Gasteiger charge is 2.66. The molecule has 2 saturated heterocycles. The number of aromatic nitrogens is 7. The molecular weight excluding hydrogens is 1320 g/mol. The Bertz CT molecular complexity index is 4080. The predicted octanol–water partition coefficient (Wildman–Crippen LogP) is 11.0. The number of pyridine rings is 1. The highest BCUT2D eigenvalue weighted by molar-refractivity contribution is 7.22. The second-order valence-corrected chi connectivity index (χ2v) is 33.1. The summed E-state index contributed by atoms with van der Waals surface area (Å²) in [6.07, 6.45) is 12.1. The van der Waals surface area contributed by atoms with E-state index in [-0.39, 0.29) is 117 Å². The Kier molecular flexibility index (Phi) is 21.5. The van der Waals surface area contributed by atoms with Gasteiger partial charge in [-0.2, -0.15) is 5.10 Å². The fourth-order valence-electron chi connectivity index (χ4n) is 17.9. The molecule has 4 aliphatic carbocycles. The molecule has 4 bridgehead atoms. The minimum Gasteiger partial charge on any atom is -0.391 e. The number of benzene rings is 2. The van der Waals surface area contributed by atoms with Crippen LogP contribution in [0.4, 0.5) is 22.6 Å². The minimum atomic E-state index is -0.967. The number of hydrogen-bond donors (Lipinski definition) is 5. The van der Waals surface area contributed by atoms with Crippen molar-refractivity contribution in [3.05, 3.63) is 106 Å². The van der Waals surface area contributed by atoms with Crippen LogP contribution in [0.15, 0.2) is 72.4 Å². The van der Waals surface area contributed by atoms with E-state index in [1.54, 1.807) is 22.7 Å². The number of ether oxygens (including phenoxy) is 4. The Hall–Kier alpha value is -7.36. The Morgan fingerprint density at radius 3 is 2.25 bits per heavy atom. The van der Waals surface area contributed by atoms with Crippen molar-refractivity contribution in [3.8, 4) is 21.6 Å². The quantitative estimate of drug-likeness (QED) is 0.0273. The average molecular weight is 1420 g/mol. The number of nitrogens with one attached hydrogen (secondary N) is 4. The van der Waals surface area contributed by atoms with Gasteiger partial charge >= 0.3 is 0 Å². The molecule has 2 aromatic carbocycles. The summed E-state index contributed by atoms with van der Waals surface area (Å²) in [5.41, 5.74) is 10.1. The maximum atomic E-state index is 14.7. The number of aliphatic hydroxyl groups excluding tert-OH is 1. The summed E-state index contributed by atoms with van der Waals surface area (Å²) in [6.45, 7) is 25.7. The smallest absolute Gasteiger partial charge is 0.270 e. The molecule has 8 heterocycles. The lowest BCUT2D eigenvalue weighted by atomic mass is 9.39. The number of β-amino-alcohol motifs (C(OH)–C–C–N with tert-alkyl or cyclic N) is 1. The second-order valence-electron chi connectivity index (χ2n) is 31.2. The molecule has 3 aliphatic heterocycles. The number of hydrogen-bond acceptors (Lipinski definition) is 20. The normalized spacial score (nSPS) is 23.9. The van der Waals surface area contributed by atoms with Crippen molar-refractivity contribution >= 4 is 79.1 Å². The van der Waals surface area contributed by atoms with Crippen LogP contribution in [0, 0.1) is 42.4 Å². The molecule has 0 unspecified atom stereocenters. The number of likely N-dealkylation sites (tertiary alicyclic amines) is 2. The molecule has 5 aromatic heterocycles. The lowest BCUT2D eigenvalue weighted by molar-refractivity contribution is -0.248. The summed E-state index contributed by atoms with van der Waals surface area (Å²) in [5, 5.41) is 38.7. The van der Waals surface area contributed by atoms with Gasteiger partial charge in [0, 0.05) is 73.5 Å². The van der Waals surface area contributed by atoms with Crippen LogP contribution < -0.4 is 26.2 Å².